The number of sulfonamides is 1. The van der Waals surface area contributed by atoms with Crippen LogP contribution in [0.1, 0.15) is 10.5 Å². The Morgan fingerprint density at radius 3 is 2.35 bits per heavy atom. The van der Waals surface area contributed by atoms with Crippen molar-refractivity contribution in [2.24, 2.45) is 0 Å². The molecule has 162 valence electrons. The summed E-state index contributed by atoms with van der Waals surface area (Å²) in [4.78, 5) is 17.7. The molecule has 7 nitrogen and oxygen atoms in total. The highest BCUT2D eigenvalue weighted by Gasteiger charge is 2.32. The second kappa shape index (κ2) is 8.76. The quantitative estimate of drug-likeness (QED) is 0.553. The summed E-state index contributed by atoms with van der Waals surface area (Å²) in [6, 6.07) is 13.7. The molecule has 0 unspecified atom stereocenters. The number of imidazole rings is 1. The molecule has 1 aliphatic rings. The molecule has 1 aliphatic heterocycles. The smallest absolute Gasteiger partial charge is 0.272 e. The number of amides is 1. The van der Waals surface area contributed by atoms with Gasteiger partial charge in [0.1, 0.15) is 10.6 Å². The molecule has 4 rings (SSSR count). The molecule has 1 saturated heterocycles. The number of carbonyl (C=O) groups excluding carboxylic acids is 1. The number of nitrogens with zero attached hydrogens (tertiary/aromatic N) is 3. The van der Waals surface area contributed by atoms with Crippen LogP contribution in [-0.4, -0.2) is 59.3 Å². The summed E-state index contributed by atoms with van der Waals surface area (Å²) in [6.07, 6.45) is 1.58. The standard InChI is InChI=1S/C20H18Cl2N4O3S2/c21-14-6-7-16(22)18(12-14)31(28,29)25-10-8-24(9-11-25)19(27)17-13-23-20(30)26(17)15-4-2-1-3-5-15/h1-7,12-13H,8-11H2,(H,23,30). The number of H-pyrrole nitrogens is 1. The lowest BCUT2D eigenvalue weighted by Gasteiger charge is -2.34. The highest BCUT2D eigenvalue weighted by molar-refractivity contribution is 7.89. The van der Waals surface area contributed by atoms with E-state index in [0.717, 1.165) is 5.69 Å². The van der Waals surface area contributed by atoms with Gasteiger partial charge < -0.3 is 9.88 Å². The summed E-state index contributed by atoms with van der Waals surface area (Å²) in [5.74, 6) is -0.228. The monoisotopic (exact) mass is 496 g/mol. The maximum absolute atomic E-state index is 13.2. The van der Waals surface area contributed by atoms with Crippen LogP contribution >= 0.6 is 35.4 Å². The number of nitrogens with one attached hydrogen (secondary N) is 1. The molecule has 0 bridgehead atoms. The molecule has 3 aromatic rings. The molecule has 0 radical (unpaired) electrons. The largest absolute Gasteiger partial charge is 0.336 e. The van der Waals surface area contributed by atoms with E-state index in [9.17, 15) is 13.2 Å². The topological polar surface area (TPSA) is 78.4 Å². The Labute approximate surface area is 194 Å². The molecule has 0 spiro atoms. The van der Waals surface area contributed by atoms with Crippen LogP contribution in [0, 0.1) is 4.77 Å². The van der Waals surface area contributed by atoms with Gasteiger partial charge in [0.2, 0.25) is 10.0 Å². The fraction of sp³-hybridized carbons (Fsp3) is 0.200. The molecule has 2 aromatic carbocycles. The molecule has 31 heavy (non-hydrogen) atoms. The number of halogens is 2. The van der Waals surface area contributed by atoms with Crippen LogP contribution in [-0.2, 0) is 10.0 Å². The van der Waals surface area contributed by atoms with Gasteiger partial charge in [-0.25, -0.2) is 8.42 Å². The summed E-state index contributed by atoms with van der Waals surface area (Å²) in [7, 11) is -3.83. The molecule has 0 saturated carbocycles. The Morgan fingerprint density at radius 1 is 1.00 bits per heavy atom. The number of aromatic nitrogens is 2. The minimum atomic E-state index is -3.83. The van der Waals surface area contributed by atoms with Gasteiger partial charge in [0.15, 0.2) is 4.77 Å². The highest BCUT2D eigenvalue weighted by atomic mass is 35.5. The minimum Gasteiger partial charge on any atom is -0.336 e. The zero-order chi connectivity index (χ0) is 22.2. The molecule has 11 heteroatoms. The zero-order valence-electron chi connectivity index (χ0n) is 16.2. The lowest BCUT2D eigenvalue weighted by atomic mass is 10.3. The Bertz CT molecular complexity index is 1280. The number of hydrogen-bond donors (Lipinski definition) is 1. The first-order valence-electron chi connectivity index (χ1n) is 9.39. The number of carbonyl (C=O) groups is 1. The van der Waals surface area contributed by atoms with Crippen molar-refractivity contribution < 1.29 is 13.2 Å². The van der Waals surface area contributed by atoms with Crippen molar-refractivity contribution in [2.75, 3.05) is 26.2 Å². The molecule has 1 aromatic heterocycles. The van der Waals surface area contributed by atoms with Crippen molar-refractivity contribution in [3.8, 4) is 5.69 Å². The normalized spacial score (nSPS) is 15.2. The first kappa shape index (κ1) is 22.0. The Hall–Kier alpha value is -2.17. The molecule has 1 fully saturated rings. The number of hydrogen-bond acceptors (Lipinski definition) is 4. The molecule has 2 heterocycles. The predicted molar refractivity (Wildman–Crippen MR) is 122 cm³/mol. The van der Waals surface area contributed by atoms with Crippen molar-refractivity contribution in [1.82, 2.24) is 18.8 Å². The molecule has 0 atom stereocenters. The lowest BCUT2D eigenvalue weighted by molar-refractivity contribution is 0.0689. The van der Waals surface area contributed by atoms with Gasteiger partial charge >= 0.3 is 0 Å². The second-order valence-corrected chi connectivity index (χ2v) is 10.1. The van der Waals surface area contributed by atoms with Gasteiger partial charge in [0.05, 0.1) is 5.02 Å². The lowest BCUT2D eigenvalue weighted by Crippen LogP contribution is -2.50. The van der Waals surface area contributed by atoms with E-state index in [1.165, 1.54) is 22.5 Å². The van der Waals surface area contributed by atoms with Crippen molar-refractivity contribution in [3.05, 3.63) is 75.2 Å². The van der Waals surface area contributed by atoms with Gasteiger partial charge in [-0.3, -0.25) is 9.36 Å². The summed E-state index contributed by atoms with van der Waals surface area (Å²) >= 11 is 17.4. The van der Waals surface area contributed by atoms with Gasteiger partial charge in [-0.15, -0.1) is 0 Å². The van der Waals surface area contributed by atoms with E-state index in [2.05, 4.69) is 4.98 Å². The fourth-order valence-electron chi connectivity index (χ4n) is 3.47. The van der Waals surface area contributed by atoms with E-state index >= 15 is 0 Å². The highest BCUT2D eigenvalue weighted by Crippen LogP contribution is 2.28. The Kier molecular flexibility index (Phi) is 6.23. The minimum absolute atomic E-state index is 0.0373. The third kappa shape index (κ3) is 4.28. The first-order chi connectivity index (χ1) is 14.8. The molecule has 1 amide bonds. The van der Waals surface area contributed by atoms with Crippen LogP contribution in [0.5, 0.6) is 0 Å². The average Bonchev–Trinajstić information content (AvgIpc) is 3.17. The van der Waals surface area contributed by atoms with E-state index in [1.54, 1.807) is 15.7 Å². The van der Waals surface area contributed by atoms with Gasteiger partial charge in [-0.1, -0.05) is 41.4 Å². The predicted octanol–water partition coefficient (Wildman–Crippen LogP) is 3.99. The van der Waals surface area contributed by atoms with Crippen LogP contribution in [0.25, 0.3) is 5.69 Å². The average molecular weight is 497 g/mol. The van der Waals surface area contributed by atoms with Crippen LogP contribution in [0.2, 0.25) is 10.0 Å². The van der Waals surface area contributed by atoms with E-state index in [-0.39, 0.29) is 47.0 Å². The first-order valence-corrected chi connectivity index (χ1v) is 12.0. The van der Waals surface area contributed by atoms with Gasteiger partial charge in [0, 0.05) is 43.1 Å². The summed E-state index contributed by atoms with van der Waals surface area (Å²) in [5, 5.41) is 0.395. The van der Waals surface area contributed by atoms with Crippen molar-refractivity contribution in [3.63, 3.8) is 0 Å². The Morgan fingerprint density at radius 2 is 1.68 bits per heavy atom. The van der Waals surface area contributed by atoms with E-state index in [1.807, 2.05) is 30.3 Å². The van der Waals surface area contributed by atoms with E-state index < -0.39 is 10.0 Å². The number of para-hydroxylation sites is 1. The number of benzene rings is 2. The zero-order valence-corrected chi connectivity index (χ0v) is 19.3. The molecule has 1 N–H and O–H groups in total. The fourth-order valence-corrected chi connectivity index (χ4v) is 5.89. The molecular weight excluding hydrogens is 479 g/mol. The van der Waals surface area contributed by atoms with Crippen LogP contribution in [0.4, 0.5) is 0 Å². The summed E-state index contributed by atoms with van der Waals surface area (Å²) in [6.45, 7) is 0.771. The Balaban J connectivity index is 1.53. The third-order valence-electron chi connectivity index (χ3n) is 5.05. The SMILES string of the molecule is O=C(c1c[nH]c(=S)n1-c1ccccc1)N1CCN(S(=O)(=O)c2cc(Cl)ccc2Cl)CC1. The maximum Gasteiger partial charge on any atom is 0.272 e. The number of piperazine rings is 1. The van der Waals surface area contributed by atoms with E-state index in [0.29, 0.717) is 10.5 Å². The van der Waals surface area contributed by atoms with Crippen molar-refractivity contribution in [1.29, 1.82) is 0 Å². The van der Waals surface area contributed by atoms with Crippen LogP contribution in [0.3, 0.4) is 0 Å². The number of aromatic amines is 1. The van der Waals surface area contributed by atoms with Crippen molar-refractivity contribution >= 4 is 51.4 Å². The van der Waals surface area contributed by atoms with Crippen molar-refractivity contribution in [2.45, 2.75) is 4.90 Å². The number of rotatable bonds is 4. The molecular formula is C20H18Cl2N4O3S2. The van der Waals surface area contributed by atoms with Gasteiger partial charge in [0.25, 0.3) is 5.91 Å². The summed E-state index contributed by atoms with van der Waals surface area (Å²) in [5.41, 5.74) is 1.17. The molecule has 0 aliphatic carbocycles. The second-order valence-electron chi connectivity index (χ2n) is 6.92. The van der Waals surface area contributed by atoms with Crippen LogP contribution in [0.15, 0.2) is 59.6 Å². The van der Waals surface area contributed by atoms with E-state index in [4.69, 9.17) is 35.4 Å². The van der Waals surface area contributed by atoms with Gasteiger partial charge in [-0.2, -0.15) is 4.31 Å². The van der Waals surface area contributed by atoms with Crippen LogP contribution < -0.4 is 0 Å². The summed E-state index contributed by atoms with van der Waals surface area (Å²) < 4.78 is 29.4. The maximum atomic E-state index is 13.2. The van der Waals surface area contributed by atoms with Gasteiger partial charge in [-0.05, 0) is 42.5 Å². The third-order valence-corrected chi connectivity index (χ3v) is 7.96.